The average molecular weight is 158 g/mol. The van der Waals surface area contributed by atoms with Gasteiger partial charge in [0.25, 0.3) is 0 Å². The molecule has 1 heterocycles. The summed E-state index contributed by atoms with van der Waals surface area (Å²) in [5.41, 5.74) is 0. The van der Waals surface area contributed by atoms with E-state index >= 15 is 0 Å². The predicted octanol–water partition coefficient (Wildman–Crippen LogP) is 1.04. The molecule has 0 spiro atoms. The van der Waals surface area contributed by atoms with E-state index in [1.54, 1.807) is 7.11 Å². The Morgan fingerprint density at radius 3 is 2.90 bits per heavy atom. The number of nitrogens with zero attached hydrogens (tertiary/aromatic N) is 2. The molecule has 0 bridgehead atoms. The largest absolute Gasteiger partial charge is 0.384 e. The summed E-state index contributed by atoms with van der Waals surface area (Å²) in [6.07, 6.45) is 0.877. The summed E-state index contributed by atoms with van der Waals surface area (Å²) < 4.78 is 8.94. The van der Waals surface area contributed by atoms with Gasteiger partial charge in [0, 0.05) is 13.5 Å². The minimum absolute atomic E-state index is 0.731. The van der Waals surface area contributed by atoms with Gasteiger partial charge in [-0.1, -0.05) is 0 Å². The Bertz CT molecular complexity index is 199. The van der Waals surface area contributed by atoms with E-state index in [-0.39, 0.29) is 0 Å². The molecule has 0 radical (unpaired) electrons. The molecule has 1 aromatic rings. The SMILES string of the molecule is COCCc1nc(C)ns1. The van der Waals surface area contributed by atoms with Crippen LogP contribution in [-0.4, -0.2) is 23.1 Å². The number of aromatic nitrogens is 2. The molecule has 3 nitrogen and oxygen atoms in total. The standard InChI is InChI=1S/C6H10N2OS/c1-5-7-6(10-8-5)3-4-9-2/h3-4H2,1-2H3. The topological polar surface area (TPSA) is 35.0 Å². The van der Waals surface area contributed by atoms with E-state index in [2.05, 4.69) is 9.36 Å². The average Bonchev–Trinajstić information content (AvgIpc) is 2.31. The Kier molecular flexibility index (Phi) is 2.77. The monoisotopic (exact) mass is 158 g/mol. The van der Waals surface area contributed by atoms with Crippen molar-refractivity contribution in [1.29, 1.82) is 0 Å². The van der Waals surface area contributed by atoms with Crippen LogP contribution >= 0.6 is 11.5 Å². The van der Waals surface area contributed by atoms with Crippen molar-refractivity contribution in [2.24, 2.45) is 0 Å². The van der Waals surface area contributed by atoms with Crippen LogP contribution in [0.1, 0.15) is 10.8 Å². The summed E-state index contributed by atoms with van der Waals surface area (Å²) in [6, 6.07) is 0. The van der Waals surface area contributed by atoms with E-state index in [9.17, 15) is 0 Å². The van der Waals surface area contributed by atoms with E-state index < -0.39 is 0 Å². The van der Waals surface area contributed by atoms with E-state index in [1.807, 2.05) is 6.92 Å². The lowest BCUT2D eigenvalue weighted by molar-refractivity contribution is 0.202. The molecule has 1 aromatic heterocycles. The number of hydrogen-bond acceptors (Lipinski definition) is 4. The molecule has 0 N–H and O–H groups in total. The normalized spacial score (nSPS) is 10.2. The van der Waals surface area contributed by atoms with Crippen molar-refractivity contribution in [1.82, 2.24) is 9.36 Å². The van der Waals surface area contributed by atoms with Crippen molar-refractivity contribution in [2.45, 2.75) is 13.3 Å². The molecule has 1 rings (SSSR count). The lowest BCUT2D eigenvalue weighted by Gasteiger charge is -1.90. The third-order valence-electron chi connectivity index (χ3n) is 1.09. The van der Waals surface area contributed by atoms with Gasteiger partial charge in [-0.25, -0.2) is 4.98 Å². The summed E-state index contributed by atoms with van der Waals surface area (Å²) in [5.74, 6) is 0.858. The van der Waals surface area contributed by atoms with Gasteiger partial charge in [-0.3, -0.25) is 0 Å². The number of hydrogen-bond donors (Lipinski definition) is 0. The molecular weight excluding hydrogens is 148 g/mol. The van der Waals surface area contributed by atoms with Crippen LogP contribution in [0.3, 0.4) is 0 Å². The Labute approximate surface area is 64.2 Å². The molecule has 0 unspecified atom stereocenters. The molecule has 56 valence electrons. The van der Waals surface area contributed by atoms with Crippen LogP contribution in [0.25, 0.3) is 0 Å². The smallest absolute Gasteiger partial charge is 0.139 e. The van der Waals surface area contributed by atoms with E-state index in [0.29, 0.717) is 0 Å². The van der Waals surface area contributed by atoms with Gasteiger partial charge in [0.1, 0.15) is 10.8 Å². The fourth-order valence-electron chi connectivity index (χ4n) is 0.631. The number of methoxy groups -OCH3 is 1. The minimum atomic E-state index is 0.731. The third kappa shape index (κ3) is 2.04. The van der Waals surface area contributed by atoms with E-state index in [4.69, 9.17) is 4.74 Å². The summed E-state index contributed by atoms with van der Waals surface area (Å²) >= 11 is 1.45. The van der Waals surface area contributed by atoms with Crippen LogP contribution in [-0.2, 0) is 11.2 Å². The van der Waals surface area contributed by atoms with Crippen LogP contribution < -0.4 is 0 Å². The molecule has 0 aliphatic rings. The first kappa shape index (κ1) is 7.63. The molecule has 0 atom stereocenters. The van der Waals surface area contributed by atoms with Gasteiger partial charge in [0.2, 0.25) is 0 Å². The van der Waals surface area contributed by atoms with Gasteiger partial charge in [-0.05, 0) is 18.5 Å². The second-order valence-corrected chi connectivity index (χ2v) is 2.81. The zero-order valence-corrected chi connectivity index (χ0v) is 6.94. The second-order valence-electron chi connectivity index (χ2n) is 1.98. The van der Waals surface area contributed by atoms with Gasteiger partial charge in [-0.2, -0.15) is 4.37 Å². The maximum absolute atomic E-state index is 4.89. The fourth-order valence-corrected chi connectivity index (χ4v) is 1.26. The van der Waals surface area contributed by atoms with Crippen LogP contribution in [0, 0.1) is 6.92 Å². The van der Waals surface area contributed by atoms with Crippen LogP contribution in [0.4, 0.5) is 0 Å². The van der Waals surface area contributed by atoms with Gasteiger partial charge < -0.3 is 4.74 Å². The molecule has 0 aliphatic carbocycles. The van der Waals surface area contributed by atoms with Crippen molar-refractivity contribution in [3.05, 3.63) is 10.8 Å². The molecule has 0 aliphatic heterocycles. The Balaban J connectivity index is 2.42. The zero-order chi connectivity index (χ0) is 7.40. The second kappa shape index (κ2) is 3.63. The highest BCUT2D eigenvalue weighted by atomic mass is 32.1. The number of rotatable bonds is 3. The summed E-state index contributed by atoms with van der Waals surface area (Å²) in [7, 11) is 1.69. The van der Waals surface area contributed by atoms with Gasteiger partial charge >= 0.3 is 0 Å². The lowest BCUT2D eigenvalue weighted by Crippen LogP contribution is -1.93. The highest BCUT2D eigenvalue weighted by molar-refractivity contribution is 7.05. The number of aryl methyl sites for hydroxylation is 1. The van der Waals surface area contributed by atoms with E-state index in [1.165, 1.54) is 11.5 Å². The van der Waals surface area contributed by atoms with Crippen molar-refractivity contribution in [2.75, 3.05) is 13.7 Å². The van der Waals surface area contributed by atoms with Crippen molar-refractivity contribution < 1.29 is 4.74 Å². The highest BCUT2D eigenvalue weighted by Crippen LogP contribution is 2.03. The van der Waals surface area contributed by atoms with Crippen LogP contribution in [0.5, 0.6) is 0 Å². The third-order valence-corrected chi connectivity index (χ3v) is 1.95. The lowest BCUT2D eigenvalue weighted by atomic mass is 10.5. The van der Waals surface area contributed by atoms with Crippen molar-refractivity contribution in [3.63, 3.8) is 0 Å². The quantitative estimate of drug-likeness (QED) is 0.659. The highest BCUT2D eigenvalue weighted by Gasteiger charge is 1.97. The maximum Gasteiger partial charge on any atom is 0.139 e. The molecule has 10 heavy (non-hydrogen) atoms. The van der Waals surface area contributed by atoms with Crippen LogP contribution in [0.15, 0.2) is 0 Å². The fraction of sp³-hybridized carbons (Fsp3) is 0.667. The molecule has 0 amide bonds. The summed E-state index contributed by atoms with van der Waals surface area (Å²) in [6.45, 7) is 2.63. The first-order valence-electron chi connectivity index (χ1n) is 3.11. The molecule has 4 heteroatoms. The van der Waals surface area contributed by atoms with Gasteiger partial charge in [-0.15, -0.1) is 0 Å². The molecule has 0 fully saturated rings. The van der Waals surface area contributed by atoms with Crippen LogP contribution in [0.2, 0.25) is 0 Å². The van der Waals surface area contributed by atoms with Crippen molar-refractivity contribution in [3.8, 4) is 0 Å². The van der Waals surface area contributed by atoms with E-state index in [0.717, 1.165) is 23.9 Å². The first-order chi connectivity index (χ1) is 4.83. The molecule has 0 saturated carbocycles. The Morgan fingerprint density at radius 1 is 1.60 bits per heavy atom. The summed E-state index contributed by atoms with van der Waals surface area (Å²) in [4.78, 5) is 4.18. The predicted molar refractivity (Wildman–Crippen MR) is 40.2 cm³/mol. The summed E-state index contributed by atoms with van der Waals surface area (Å²) in [5, 5.41) is 1.05. The first-order valence-corrected chi connectivity index (χ1v) is 3.88. The molecular formula is C6H10N2OS. The van der Waals surface area contributed by atoms with Gasteiger partial charge in [0.15, 0.2) is 0 Å². The zero-order valence-electron chi connectivity index (χ0n) is 6.13. The number of ether oxygens (including phenoxy) is 1. The molecule has 0 saturated heterocycles. The maximum atomic E-state index is 4.89. The molecule has 0 aromatic carbocycles. The Morgan fingerprint density at radius 2 is 2.40 bits per heavy atom. The van der Waals surface area contributed by atoms with Gasteiger partial charge in [0.05, 0.1) is 6.61 Å². The Hall–Kier alpha value is -0.480. The minimum Gasteiger partial charge on any atom is -0.384 e. The van der Waals surface area contributed by atoms with Crippen molar-refractivity contribution >= 4 is 11.5 Å².